The minimum Gasteiger partial charge on any atom is -0.444 e. The topological polar surface area (TPSA) is 38.3 Å². The van der Waals surface area contributed by atoms with Crippen LogP contribution in [0.2, 0.25) is 0 Å². The number of hydrogen-bond donors (Lipinski definition) is 1. The Hall–Kier alpha value is -0.800. The van der Waals surface area contributed by atoms with E-state index >= 15 is 0 Å². The number of ether oxygens (including phenoxy) is 1. The largest absolute Gasteiger partial charge is 0.444 e. The van der Waals surface area contributed by atoms with Gasteiger partial charge in [-0.25, -0.2) is 9.18 Å². The summed E-state index contributed by atoms with van der Waals surface area (Å²) in [4.78, 5) is 11.9. The molecular formula is C14H22FNO2. The normalized spacial score (nSPS) is 45.3. The van der Waals surface area contributed by atoms with Gasteiger partial charge in [-0.05, 0) is 58.3 Å². The molecule has 4 bridgehead atoms. The Morgan fingerprint density at radius 2 is 2.06 bits per heavy atom. The van der Waals surface area contributed by atoms with Crippen LogP contribution in [0, 0.1) is 11.8 Å². The van der Waals surface area contributed by atoms with Gasteiger partial charge in [0.15, 0.2) is 0 Å². The van der Waals surface area contributed by atoms with E-state index in [1.54, 1.807) is 0 Å². The van der Waals surface area contributed by atoms with E-state index in [9.17, 15) is 9.18 Å². The molecule has 4 unspecified atom stereocenters. The fourth-order valence-corrected chi connectivity index (χ4v) is 4.50. The van der Waals surface area contributed by atoms with E-state index in [1.807, 2.05) is 20.8 Å². The fraction of sp³-hybridized carbons (Fsp3) is 0.929. The van der Waals surface area contributed by atoms with Crippen LogP contribution in [0.3, 0.4) is 0 Å². The molecule has 4 heteroatoms. The van der Waals surface area contributed by atoms with E-state index in [4.69, 9.17) is 4.74 Å². The Labute approximate surface area is 107 Å². The van der Waals surface area contributed by atoms with Crippen molar-refractivity contribution in [3.05, 3.63) is 0 Å². The minimum atomic E-state index is -1.03. The highest BCUT2D eigenvalue weighted by Crippen LogP contribution is 2.63. The van der Waals surface area contributed by atoms with Crippen molar-refractivity contribution in [3.63, 3.8) is 0 Å². The van der Waals surface area contributed by atoms with Gasteiger partial charge in [0.1, 0.15) is 11.3 Å². The Kier molecular flexibility index (Phi) is 2.31. The van der Waals surface area contributed by atoms with Crippen LogP contribution >= 0.6 is 0 Å². The van der Waals surface area contributed by atoms with Gasteiger partial charge in [-0.1, -0.05) is 0 Å². The highest BCUT2D eigenvalue weighted by atomic mass is 19.1. The molecule has 0 aliphatic heterocycles. The third kappa shape index (κ3) is 1.90. The lowest BCUT2D eigenvalue weighted by Crippen LogP contribution is -2.52. The molecule has 4 aliphatic carbocycles. The number of rotatable bonds is 1. The molecule has 0 radical (unpaired) electrons. The maximum Gasteiger partial charge on any atom is 0.408 e. The number of hydrogen-bond acceptors (Lipinski definition) is 2. The number of carbonyl (C=O) groups excluding carboxylic acids is 1. The summed E-state index contributed by atoms with van der Waals surface area (Å²) < 4.78 is 19.8. The summed E-state index contributed by atoms with van der Waals surface area (Å²) in [5.74, 6) is 0.770. The molecule has 0 aromatic rings. The van der Waals surface area contributed by atoms with Crippen molar-refractivity contribution in [1.82, 2.24) is 5.32 Å². The highest BCUT2D eigenvalue weighted by Gasteiger charge is 2.65. The number of alkyl carbamates (subject to hydrolysis) is 1. The van der Waals surface area contributed by atoms with Crippen molar-refractivity contribution < 1.29 is 13.9 Å². The monoisotopic (exact) mass is 255 g/mol. The summed E-state index contributed by atoms with van der Waals surface area (Å²) in [7, 11) is 0. The van der Waals surface area contributed by atoms with Crippen LogP contribution in [-0.2, 0) is 4.74 Å². The van der Waals surface area contributed by atoms with Gasteiger partial charge in [0, 0.05) is 12.0 Å². The molecule has 4 atom stereocenters. The Balaban J connectivity index is 1.72. The molecule has 0 spiro atoms. The smallest absolute Gasteiger partial charge is 0.408 e. The van der Waals surface area contributed by atoms with Gasteiger partial charge < -0.3 is 10.1 Å². The van der Waals surface area contributed by atoms with E-state index < -0.39 is 11.3 Å². The van der Waals surface area contributed by atoms with Crippen molar-refractivity contribution in [2.75, 3.05) is 0 Å². The molecule has 0 aromatic heterocycles. The molecule has 1 amide bonds. The quantitative estimate of drug-likeness (QED) is 0.781. The van der Waals surface area contributed by atoms with E-state index in [0.717, 1.165) is 12.8 Å². The molecule has 4 aliphatic rings. The number of alkyl halides is 1. The summed E-state index contributed by atoms with van der Waals surface area (Å²) in [6.45, 7) is 5.54. The molecule has 4 saturated carbocycles. The molecule has 0 heterocycles. The second-order valence-corrected chi connectivity index (χ2v) is 7.52. The first-order chi connectivity index (χ1) is 8.20. The number of amides is 1. The van der Waals surface area contributed by atoms with Gasteiger partial charge in [-0.2, -0.15) is 0 Å². The van der Waals surface area contributed by atoms with Crippen molar-refractivity contribution in [3.8, 4) is 0 Å². The molecule has 18 heavy (non-hydrogen) atoms. The number of nitrogens with one attached hydrogen (secondary N) is 1. The minimum absolute atomic E-state index is 0.314. The maximum absolute atomic E-state index is 14.5. The Morgan fingerprint density at radius 3 is 2.67 bits per heavy atom. The first-order valence-corrected chi connectivity index (χ1v) is 6.90. The van der Waals surface area contributed by atoms with E-state index in [0.29, 0.717) is 31.1 Å². The van der Waals surface area contributed by atoms with Gasteiger partial charge in [-0.3, -0.25) is 0 Å². The van der Waals surface area contributed by atoms with Crippen molar-refractivity contribution in [2.45, 2.75) is 69.7 Å². The molecule has 1 N–H and O–H groups in total. The number of carbonyl (C=O) groups is 1. The molecule has 3 nitrogen and oxygen atoms in total. The molecule has 0 saturated heterocycles. The molecule has 102 valence electrons. The van der Waals surface area contributed by atoms with Gasteiger partial charge in [-0.15, -0.1) is 0 Å². The Bertz CT molecular complexity index is 392. The summed E-state index contributed by atoms with van der Waals surface area (Å²) in [6, 6.07) is 0. The predicted octanol–water partition coefficient (Wildman–Crippen LogP) is 3.18. The van der Waals surface area contributed by atoms with Gasteiger partial charge >= 0.3 is 6.09 Å². The second kappa shape index (κ2) is 3.40. The van der Waals surface area contributed by atoms with E-state index in [-0.39, 0.29) is 11.6 Å². The van der Waals surface area contributed by atoms with Gasteiger partial charge in [0.25, 0.3) is 0 Å². The second-order valence-electron chi connectivity index (χ2n) is 7.52. The van der Waals surface area contributed by atoms with E-state index in [1.165, 1.54) is 0 Å². The van der Waals surface area contributed by atoms with Gasteiger partial charge in [0.05, 0.1) is 0 Å². The van der Waals surface area contributed by atoms with Crippen LogP contribution in [0.4, 0.5) is 9.18 Å². The van der Waals surface area contributed by atoms with Crippen molar-refractivity contribution in [1.29, 1.82) is 0 Å². The van der Waals surface area contributed by atoms with Crippen LogP contribution < -0.4 is 5.32 Å². The molecule has 4 fully saturated rings. The predicted molar refractivity (Wildman–Crippen MR) is 66.0 cm³/mol. The summed E-state index contributed by atoms with van der Waals surface area (Å²) >= 11 is 0. The van der Waals surface area contributed by atoms with Crippen LogP contribution in [0.1, 0.15) is 52.9 Å². The molecular weight excluding hydrogens is 233 g/mol. The first-order valence-electron chi connectivity index (χ1n) is 6.90. The van der Waals surface area contributed by atoms with Crippen LogP contribution in [0.25, 0.3) is 0 Å². The summed E-state index contributed by atoms with van der Waals surface area (Å²) in [5.41, 5.74) is -1.84. The zero-order valence-corrected chi connectivity index (χ0v) is 11.4. The van der Waals surface area contributed by atoms with Crippen LogP contribution in [-0.4, -0.2) is 22.9 Å². The first kappa shape index (κ1) is 12.2. The van der Waals surface area contributed by atoms with Crippen LogP contribution in [0.15, 0.2) is 0 Å². The lowest BCUT2D eigenvalue weighted by Gasteiger charge is -2.36. The summed E-state index contributed by atoms with van der Waals surface area (Å²) in [5, 5.41) is 3.00. The highest BCUT2D eigenvalue weighted by molar-refractivity contribution is 5.69. The zero-order valence-electron chi connectivity index (χ0n) is 11.4. The maximum atomic E-state index is 14.5. The van der Waals surface area contributed by atoms with Gasteiger partial charge in [0.2, 0.25) is 0 Å². The van der Waals surface area contributed by atoms with Crippen molar-refractivity contribution in [2.24, 2.45) is 11.8 Å². The Morgan fingerprint density at radius 1 is 1.33 bits per heavy atom. The molecule has 4 rings (SSSR count). The summed E-state index contributed by atoms with van der Waals surface area (Å²) in [6.07, 6.45) is 3.42. The zero-order chi connectivity index (χ0) is 13.2. The average molecular weight is 255 g/mol. The standard InChI is InChI=1S/C14H22FNO2/c1-12(2,3)18-11(17)16-14-6-9-4-10(14)7-13(15,5-9)8-14/h9-10H,4-8H2,1-3H3,(H,16,17). The SMILES string of the molecule is CC(C)(C)OC(=O)NC12CC3CC1CC(F)(C3)C2. The van der Waals surface area contributed by atoms with Crippen LogP contribution in [0.5, 0.6) is 0 Å². The average Bonchev–Trinajstić information content (AvgIpc) is 2.42. The third-order valence-corrected chi connectivity index (χ3v) is 4.70. The number of halogens is 1. The lowest BCUT2D eigenvalue weighted by atomic mass is 9.78. The third-order valence-electron chi connectivity index (χ3n) is 4.70. The fourth-order valence-electron chi connectivity index (χ4n) is 4.50. The van der Waals surface area contributed by atoms with Crippen molar-refractivity contribution >= 4 is 6.09 Å². The lowest BCUT2D eigenvalue weighted by molar-refractivity contribution is 0.0378. The molecule has 0 aromatic carbocycles. The van der Waals surface area contributed by atoms with E-state index in [2.05, 4.69) is 5.32 Å².